The molecule has 1 fully saturated rings. The van der Waals surface area contributed by atoms with E-state index in [1.807, 2.05) is 4.90 Å². The molecule has 1 aromatic carbocycles. The maximum Gasteiger partial charge on any atom is 0.277 e. The highest BCUT2D eigenvalue weighted by Gasteiger charge is 2.40. The molecule has 0 aliphatic carbocycles. The van der Waals surface area contributed by atoms with Crippen molar-refractivity contribution >= 4 is 17.4 Å². The Morgan fingerprint density at radius 1 is 1.00 bits per heavy atom. The Bertz CT molecular complexity index is 671. The highest BCUT2D eigenvalue weighted by Crippen LogP contribution is 2.34. The Balaban J connectivity index is 2.08. The normalized spacial score (nSPS) is 25.6. The molecule has 2 heterocycles. The molecule has 2 aliphatic heterocycles. The summed E-state index contributed by atoms with van der Waals surface area (Å²) in [4.78, 5) is 28.3. The number of nitrogens with zero attached hydrogens (tertiary/aromatic N) is 2. The third-order valence-electron chi connectivity index (χ3n) is 4.58. The average Bonchev–Trinajstić information content (AvgIpc) is 2.71. The maximum atomic E-state index is 13.2. The SMILES string of the molecule is CC1CC(C)CN(C2=C(c3ccc(F)cc3)C(=O)N(C)C2=O)C1. The molecule has 0 N–H and O–H groups in total. The van der Waals surface area contributed by atoms with Gasteiger partial charge in [-0.05, 0) is 36.0 Å². The van der Waals surface area contributed by atoms with Crippen LogP contribution in [0, 0.1) is 17.7 Å². The summed E-state index contributed by atoms with van der Waals surface area (Å²) < 4.78 is 13.2. The van der Waals surface area contributed by atoms with Crippen molar-refractivity contribution in [3.63, 3.8) is 0 Å². The Morgan fingerprint density at radius 2 is 1.57 bits per heavy atom. The fraction of sp³-hybridized carbons (Fsp3) is 0.444. The van der Waals surface area contributed by atoms with Gasteiger partial charge in [0.05, 0.1) is 5.57 Å². The van der Waals surface area contributed by atoms with Crippen molar-refractivity contribution in [3.8, 4) is 0 Å². The number of likely N-dealkylation sites (N-methyl/N-ethyl adjacent to an activating group) is 1. The molecule has 2 unspecified atom stereocenters. The van der Waals surface area contributed by atoms with Crippen LogP contribution in [0.3, 0.4) is 0 Å². The standard InChI is InChI=1S/C18H21FN2O2/c1-11-8-12(2)10-21(9-11)16-15(17(22)20(3)18(16)23)13-4-6-14(19)7-5-13/h4-7,11-12H,8-10H2,1-3H3. The zero-order chi connectivity index (χ0) is 16.7. The fourth-order valence-electron chi connectivity index (χ4n) is 3.64. The van der Waals surface area contributed by atoms with E-state index in [1.54, 1.807) is 12.1 Å². The van der Waals surface area contributed by atoms with E-state index in [9.17, 15) is 14.0 Å². The summed E-state index contributed by atoms with van der Waals surface area (Å²) in [5, 5.41) is 0. The molecule has 3 rings (SSSR count). The molecule has 0 aromatic heterocycles. The number of hydrogen-bond donors (Lipinski definition) is 0. The van der Waals surface area contributed by atoms with Gasteiger partial charge in [-0.1, -0.05) is 26.0 Å². The van der Waals surface area contributed by atoms with Crippen molar-refractivity contribution < 1.29 is 14.0 Å². The number of amides is 2. The number of imide groups is 1. The van der Waals surface area contributed by atoms with E-state index in [4.69, 9.17) is 0 Å². The minimum Gasteiger partial charge on any atom is -0.366 e. The first kappa shape index (κ1) is 15.7. The Labute approximate surface area is 135 Å². The molecular weight excluding hydrogens is 295 g/mol. The van der Waals surface area contributed by atoms with E-state index in [1.165, 1.54) is 19.2 Å². The van der Waals surface area contributed by atoms with E-state index >= 15 is 0 Å². The lowest BCUT2D eigenvalue weighted by Gasteiger charge is -2.37. The summed E-state index contributed by atoms with van der Waals surface area (Å²) in [6, 6.07) is 5.76. The first-order valence-corrected chi connectivity index (χ1v) is 7.96. The first-order valence-electron chi connectivity index (χ1n) is 7.96. The molecule has 23 heavy (non-hydrogen) atoms. The number of carbonyl (C=O) groups excluding carboxylic acids is 2. The monoisotopic (exact) mass is 316 g/mol. The second-order valence-electron chi connectivity index (χ2n) is 6.75. The molecule has 2 amide bonds. The van der Waals surface area contributed by atoms with Gasteiger partial charge in [0.2, 0.25) is 0 Å². The lowest BCUT2D eigenvalue weighted by Crippen LogP contribution is -2.41. The predicted octanol–water partition coefficient (Wildman–Crippen LogP) is 2.51. The number of likely N-dealkylation sites (tertiary alicyclic amines) is 1. The van der Waals surface area contributed by atoms with E-state index in [0.29, 0.717) is 28.7 Å². The van der Waals surface area contributed by atoms with Gasteiger partial charge in [-0.3, -0.25) is 14.5 Å². The number of carbonyl (C=O) groups is 2. The molecule has 5 heteroatoms. The van der Waals surface area contributed by atoms with Crippen molar-refractivity contribution in [2.75, 3.05) is 20.1 Å². The van der Waals surface area contributed by atoms with Gasteiger partial charge in [0.15, 0.2) is 0 Å². The Hall–Kier alpha value is -2.17. The van der Waals surface area contributed by atoms with Crippen LogP contribution < -0.4 is 0 Å². The molecule has 1 aromatic rings. The van der Waals surface area contributed by atoms with Gasteiger partial charge in [0.1, 0.15) is 11.5 Å². The molecule has 0 spiro atoms. The average molecular weight is 316 g/mol. The lowest BCUT2D eigenvalue weighted by molar-refractivity contribution is -0.136. The van der Waals surface area contributed by atoms with Gasteiger partial charge >= 0.3 is 0 Å². The molecule has 2 aliphatic rings. The van der Waals surface area contributed by atoms with Gasteiger partial charge in [-0.15, -0.1) is 0 Å². The van der Waals surface area contributed by atoms with Gasteiger partial charge in [0, 0.05) is 20.1 Å². The molecule has 1 saturated heterocycles. The largest absolute Gasteiger partial charge is 0.366 e. The van der Waals surface area contributed by atoms with Crippen molar-refractivity contribution in [3.05, 3.63) is 41.3 Å². The van der Waals surface area contributed by atoms with E-state index in [0.717, 1.165) is 24.4 Å². The van der Waals surface area contributed by atoms with Crippen LogP contribution in [0.2, 0.25) is 0 Å². The molecule has 2 atom stereocenters. The van der Waals surface area contributed by atoms with Crippen molar-refractivity contribution in [1.82, 2.24) is 9.80 Å². The second-order valence-corrected chi connectivity index (χ2v) is 6.75. The highest BCUT2D eigenvalue weighted by atomic mass is 19.1. The molecule has 0 saturated carbocycles. The lowest BCUT2D eigenvalue weighted by atomic mass is 9.91. The minimum atomic E-state index is -0.360. The summed E-state index contributed by atoms with van der Waals surface area (Å²) in [7, 11) is 1.50. The highest BCUT2D eigenvalue weighted by molar-refractivity contribution is 6.35. The number of rotatable bonds is 2. The van der Waals surface area contributed by atoms with E-state index in [-0.39, 0.29) is 17.6 Å². The molecule has 122 valence electrons. The summed E-state index contributed by atoms with van der Waals surface area (Å²) >= 11 is 0. The zero-order valence-electron chi connectivity index (χ0n) is 13.7. The number of hydrogen-bond acceptors (Lipinski definition) is 3. The summed E-state index contributed by atoms with van der Waals surface area (Å²) in [5.41, 5.74) is 1.44. The summed E-state index contributed by atoms with van der Waals surface area (Å²) in [6.07, 6.45) is 1.12. The quantitative estimate of drug-likeness (QED) is 0.787. The molecular formula is C18H21FN2O2. The number of piperidine rings is 1. The maximum absolute atomic E-state index is 13.2. The van der Waals surface area contributed by atoms with Gasteiger partial charge < -0.3 is 4.90 Å². The van der Waals surface area contributed by atoms with Crippen molar-refractivity contribution in [2.24, 2.45) is 11.8 Å². The number of benzene rings is 1. The van der Waals surface area contributed by atoms with Crippen LogP contribution in [0.25, 0.3) is 5.57 Å². The third-order valence-corrected chi connectivity index (χ3v) is 4.58. The van der Waals surface area contributed by atoms with E-state index < -0.39 is 0 Å². The predicted molar refractivity (Wildman–Crippen MR) is 85.6 cm³/mol. The number of halogens is 1. The zero-order valence-corrected chi connectivity index (χ0v) is 13.7. The van der Waals surface area contributed by atoms with E-state index in [2.05, 4.69) is 13.8 Å². The van der Waals surface area contributed by atoms with Crippen LogP contribution in [-0.2, 0) is 9.59 Å². The topological polar surface area (TPSA) is 40.6 Å². The van der Waals surface area contributed by atoms with Gasteiger partial charge in [-0.25, -0.2) is 4.39 Å². The summed E-state index contributed by atoms with van der Waals surface area (Å²) in [5.74, 6) is -0.0107. The Morgan fingerprint density at radius 3 is 2.13 bits per heavy atom. The van der Waals surface area contributed by atoms with Crippen LogP contribution in [0.5, 0.6) is 0 Å². The fourth-order valence-corrected chi connectivity index (χ4v) is 3.64. The molecule has 0 bridgehead atoms. The van der Waals surface area contributed by atoms with Gasteiger partial charge in [0.25, 0.3) is 11.8 Å². The van der Waals surface area contributed by atoms with Crippen molar-refractivity contribution in [2.45, 2.75) is 20.3 Å². The van der Waals surface area contributed by atoms with Crippen LogP contribution >= 0.6 is 0 Å². The molecule has 4 nitrogen and oxygen atoms in total. The first-order chi connectivity index (χ1) is 10.9. The Kier molecular flexibility index (Phi) is 3.96. The molecule has 0 radical (unpaired) electrons. The van der Waals surface area contributed by atoms with Crippen LogP contribution in [-0.4, -0.2) is 41.8 Å². The smallest absolute Gasteiger partial charge is 0.277 e. The van der Waals surface area contributed by atoms with Gasteiger partial charge in [-0.2, -0.15) is 0 Å². The van der Waals surface area contributed by atoms with Crippen LogP contribution in [0.15, 0.2) is 30.0 Å². The minimum absolute atomic E-state index is 0.268. The van der Waals surface area contributed by atoms with Crippen LogP contribution in [0.1, 0.15) is 25.8 Å². The second kappa shape index (κ2) is 5.80. The third kappa shape index (κ3) is 2.76. The summed E-state index contributed by atoms with van der Waals surface area (Å²) in [6.45, 7) is 5.84. The van der Waals surface area contributed by atoms with Crippen molar-refractivity contribution in [1.29, 1.82) is 0 Å². The van der Waals surface area contributed by atoms with Crippen LogP contribution in [0.4, 0.5) is 4.39 Å².